The second-order valence-corrected chi connectivity index (χ2v) is 19.5. The van der Waals surface area contributed by atoms with Gasteiger partial charge in [0, 0.05) is 37.5 Å². The summed E-state index contributed by atoms with van der Waals surface area (Å²) in [5.74, 6) is -0.149. The first-order valence-corrected chi connectivity index (χ1v) is 20.0. The largest absolute Gasteiger partial charge is 0.449 e. The van der Waals surface area contributed by atoms with Gasteiger partial charge in [-0.15, -0.1) is 0 Å². The van der Waals surface area contributed by atoms with E-state index in [-0.39, 0.29) is 51.3 Å². The number of hydrogen-bond acceptors (Lipinski definition) is 14. The number of nitrogens with one attached hydrogen (secondary N) is 2. The minimum Gasteiger partial charge on any atom is -0.449 e. The Hall–Kier alpha value is -4.18. The summed E-state index contributed by atoms with van der Waals surface area (Å²) in [5.41, 5.74) is -0.459. The van der Waals surface area contributed by atoms with Gasteiger partial charge in [0.05, 0.1) is 41.5 Å². The molecule has 1 saturated heterocycles. The van der Waals surface area contributed by atoms with E-state index in [1.165, 1.54) is 18.2 Å². The van der Waals surface area contributed by atoms with Crippen LogP contribution in [0.3, 0.4) is 0 Å². The van der Waals surface area contributed by atoms with Crippen LogP contribution >= 0.6 is 8.38 Å². The third-order valence-electron chi connectivity index (χ3n) is 9.12. The van der Waals surface area contributed by atoms with Crippen LogP contribution in [0.15, 0.2) is 41.0 Å². The molecule has 1 aromatic heterocycles. The molecule has 1 aliphatic heterocycles. The third-order valence-corrected chi connectivity index (χ3v) is 11.1. The predicted molar refractivity (Wildman–Crippen MR) is 212 cm³/mol. The average Bonchev–Trinajstić information content (AvgIpc) is 3.70. The van der Waals surface area contributed by atoms with E-state index in [0.717, 1.165) is 6.42 Å². The number of rotatable bonds is 21. The Kier molecular flexibility index (Phi) is 14.3. The quantitative estimate of drug-likeness (QED) is 0.0584. The molecule has 0 saturated carbocycles. The molecule has 0 bridgehead atoms. The fourth-order valence-corrected chi connectivity index (χ4v) is 9.00. The molecule has 1 unspecified atom stereocenters. The van der Waals surface area contributed by atoms with Gasteiger partial charge in [0.1, 0.15) is 5.75 Å². The van der Waals surface area contributed by atoms with Crippen molar-refractivity contribution in [3.05, 3.63) is 56.6 Å². The Morgan fingerprint density at radius 1 is 0.893 bits per heavy atom. The van der Waals surface area contributed by atoms with Gasteiger partial charge in [-0.3, -0.25) is 20.2 Å². The summed E-state index contributed by atoms with van der Waals surface area (Å²) >= 11 is 0. The van der Waals surface area contributed by atoms with E-state index in [2.05, 4.69) is 76.3 Å². The summed E-state index contributed by atoms with van der Waals surface area (Å²) in [5, 5.41) is 36.3. The van der Waals surface area contributed by atoms with Crippen molar-refractivity contribution in [3.8, 4) is 5.75 Å². The van der Waals surface area contributed by atoms with Crippen LogP contribution in [-0.4, -0.2) is 77.2 Å². The molecule has 3 aromatic rings. The first-order chi connectivity index (χ1) is 25.9. The van der Waals surface area contributed by atoms with Crippen molar-refractivity contribution in [1.82, 2.24) is 15.6 Å². The summed E-state index contributed by atoms with van der Waals surface area (Å²) in [6.45, 7) is 22.4. The average molecular weight is 805 g/mol. The fourth-order valence-electron chi connectivity index (χ4n) is 7.32. The highest BCUT2D eigenvalue weighted by Crippen LogP contribution is 2.48. The number of nitrogens with zero attached hydrogens (tertiary/aromatic N) is 4. The van der Waals surface area contributed by atoms with Crippen LogP contribution in [0, 0.1) is 41.9 Å². The SMILES string of the molecule is CC(C)(CNC(=O)OCC(C)(C)CC(C)(C)CP(OCC[C@H]1COC(C)(C)O1)Oc1ccc([N+](=O)[O-])cc1)CC(C)(C)CNc1ccc([N+](=O)[O-])c2nonc12. The molecule has 310 valence electrons. The highest BCUT2D eigenvalue weighted by Gasteiger charge is 2.36. The Morgan fingerprint density at radius 3 is 2.16 bits per heavy atom. The number of nitro groups is 2. The van der Waals surface area contributed by atoms with Crippen molar-refractivity contribution >= 4 is 42.6 Å². The van der Waals surface area contributed by atoms with Crippen molar-refractivity contribution in [3.63, 3.8) is 0 Å². The van der Waals surface area contributed by atoms with Crippen molar-refractivity contribution in [2.75, 3.05) is 44.4 Å². The zero-order valence-electron chi connectivity index (χ0n) is 34.1. The van der Waals surface area contributed by atoms with Crippen LogP contribution in [0.2, 0.25) is 0 Å². The molecule has 17 nitrogen and oxygen atoms in total. The summed E-state index contributed by atoms with van der Waals surface area (Å²) in [7, 11) is -1.45. The topological polar surface area (TPSA) is 212 Å². The summed E-state index contributed by atoms with van der Waals surface area (Å²) < 4.78 is 34.7. The number of benzene rings is 2. The van der Waals surface area contributed by atoms with E-state index in [4.69, 9.17) is 27.9 Å². The third kappa shape index (κ3) is 13.8. The number of carbonyl (C=O) groups is 1. The van der Waals surface area contributed by atoms with Crippen LogP contribution in [0.1, 0.15) is 88.5 Å². The molecule has 18 heteroatoms. The molecule has 56 heavy (non-hydrogen) atoms. The summed E-state index contributed by atoms with van der Waals surface area (Å²) in [6, 6.07) is 8.94. The number of hydrogen-bond donors (Lipinski definition) is 2. The summed E-state index contributed by atoms with van der Waals surface area (Å²) in [4.78, 5) is 34.5. The summed E-state index contributed by atoms with van der Waals surface area (Å²) in [6.07, 6.45) is 2.01. The Labute approximate surface area is 329 Å². The van der Waals surface area contributed by atoms with Crippen molar-refractivity contribution < 1.29 is 42.5 Å². The lowest BCUT2D eigenvalue weighted by atomic mass is 9.75. The van der Waals surface area contributed by atoms with Crippen LogP contribution in [0.25, 0.3) is 11.0 Å². The number of carbonyl (C=O) groups excluding carboxylic acids is 1. The minimum atomic E-state index is -1.45. The first-order valence-electron chi connectivity index (χ1n) is 18.6. The molecule has 2 N–H and O–H groups in total. The zero-order valence-corrected chi connectivity index (χ0v) is 35.0. The van der Waals surface area contributed by atoms with Gasteiger partial charge in [-0.25, -0.2) is 9.42 Å². The second kappa shape index (κ2) is 18.0. The molecule has 1 aliphatic rings. The number of fused-ring (bicyclic) bond motifs is 1. The van der Waals surface area contributed by atoms with Gasteiger partial charge in [-0.1, -0.05) is 55.4 Å². The normalized spacial score (nSPS) is 16.7. The van der Waals surface area contributed by atoms with E-state index in [1.54, 1.807) is 18.2 Å². The van der Waals surface area contributed by atoms with E-state index in [0.29, 0.717) is 62.3 Å². The lowest BCUT2D eigenvalue weighted by Gasteiger charge is -2.36. The number of nitro benzene ring substituents is 2. The Balaban J connectivity index is 1.26. The van der Waals surface area contributed by atoms with Gasteiger partial charge in [-0.2, -0.15) is 0 Å². The molecule has 1 fully saturated rings. The molecule has 0 radical (unpaired) electrons. The van der Waals surface area contributed by atoms with E-state index in [1.807, 2.05) is 13.8 Å². The molecular weight excluding hydrogens is 747 g/mol. The Morgan fingerprint density at radius 2 is 1.54 bits per heavy atom. The number of aromatic nitrogens is 2. The number of non-ortho nitro benzene ring substituents is 2. The zero-order chi connectivity index (χ0) is 41.5. The van der Waals surface area contributed by atoms with Gasteiger partial charge in [0.25, 0.3) is 5.69 Å². The monoisotopic (exact) mass is 804 g/mol. The maximum Gasteiger partial charge on any atom is 0.407 e. The van der Waals surface area contributed by atoms with Gasteiger partial charge < -0.3 is 33.9 Å². The first kappa shape index (κ1) is 44.5. The van der Waals surface area contributed by atoms with Crippen LogP contribution < -0.4 is 15.2 Å². The van der Waals surface area contributed by atoms with Gasteiger partial charge in [0.2, 0.25) is 13.9 Å². The smallest absolute Gasteiger partial charge is 0.407 e. The molecule has 0 spiro atoms. The molecule has 2 aromatic carbocycles. The minimum absolute atomic E-state index is 0.0241. The molecule has 0 aliphatic carbocycles. The maximum absolute atomic E-state index is 13.0. The Bertz CT molecular complexity index is 1810. The van der Waals surface area contributed by atoms with Gasteiger partial charge in [-0.05, 0) is 83.3 Å². The molecule has 2 heterocycles. The lowest BCUT2D eigenvalue weighted by Crippen LogP contribution is -2.39. The van der Waals surface area contributed by atoms with E-state index in [9.17, 15) is 25.0 Å². The van der Waals surface area contributed by atoms with Crippen LogP contribution in [0.5, 0.6) is 5.75 Å². The lowest BCUT2D eigenvalue weighted by molar-refractivity contribution is -0.384. The molecule has 4 rings (SSSR count). The molecule has 1 amide bonds. The number of amides is 1. The van der Waals surface area contributed by atoms with Gasteiger partial charge in [0.15, 0.2) is 11.3 Å². The highest BCUT2D eigenvalue weighted by molar-refractivity contribution is 7.47. The predicted octanol–water partition coefficient (Wildman–Crippen LogP) is 9.01. The highest BCUT2D eigenvalue weighted by atomic mass is 31.2. The van der Waals surface area contributed by atoms with Crippen LogP contribution in [-0.2, 0) is 18.7 Å². The van der Waals surface area contributed by atoms with Crippen LogP contribution in [0.4, 0.5) is 21.9 Å². The maximum atomic E-state index is 13.0. The van der Waals surface area contributed by atoms with E-state index >= 15 is 0 Å². The number of ether oxygens (including phenoxy) is 3. The second-order valence-electron chi connectivity index (χ2n) is 18.1. The molecular formula is C38H57N6O11P. The van der Waals surface area contributed by atoms with Gasteiger partial charge >= 0.3 is 11.8 Å². The van der Waals surface area contributed by atoms with Crippen molar-refractivity contribution in [1.29, 1.82) is 0 Å². The molecule has 2 atom stereocenters. The van der Waals surface area contributed by atoms with Crippen molar-refractivity contribution in [2.45, 2.75) is 100 Å². The number of alkyl carbamates (subject to hydrolysis) is 1. The fraction of sp³-hybridized carbons (Fsp3) is 0.658. The standard InChI is InChI=1S/C38H57N6O11P/c1-34(2,22-39-29-15-16-30(44(48)49)32-31(29)41-55-42-32)20-35(3,4)23-40-33(45)50-24-36(5,6)21-37(7,8)25-56(52-18-17-28-19-51-38(9,10)53-28)54-27-13-11-26(12-14-27)43(46)47/h11-16,28,39H,17-25H2,1-10H3,(H,40,45)/t28-,56?/m0/s1. The van der Waals surface area contributed by atoms with E-state index < -0.39 is 30.1 Å². The van der Waals surface area contributed by atoms with Crippen molar-refractivity contribution in [2.24, 2.45) is 21.7 Å². The number of anilines is 1.